The van der Waals surface area contributed by atoms with E-state index < -0.39 is 15.8 Å². The average molecular weight is 499 g/mol. The zero-order valence-corrected chi connectivity index (χ0v) is 20.6. The lowest BCUT2D eigenvalue weighted by molar-refractivity contribution is -0.133. The van der Waals surface area contributed by atoms with Crippen LogP contribution < -0.4 is 0 Å². The van der Waals surface area contributed by atoms with E-state index in [2.05, 4.69) is 11.4 Å². The van der Waals surface area contributed by atoms with Gasteiger partial charge in [-0.1, -0.05) is 24.3 Å². The molecule has 1 aliphatic heterocycles. The number of halogens is 1. The third-order valence-electron chi connectivity index (χ3n) is 6.69. The molecule has 34 heavy (non-hydrogen) atoms. The smallest absolute Gasteiger partial charge is 0.243 e. The standard InChI is InChI=1S/C26H27FN2O3S2/c1-18-4-2-3-5-22(18)26-23-13-15-33-24(23)12-14-29(26)25(30)17-28(16-19-6-7-19)34(31,32)21-10-8-20(27)9-11-21/h2-5,8-11,13,15,19,26H,6-7,12,14,16-17H2,1H3. The van der Waals surface area contributed by atoms with Crippen molar-refractivity contribution in [2.24, 2.45) is 5.92 Å². The molecule has 0 saturated heterocycles. The van der Waals surface area contributed by atoms with E-state index in [1.165, 1.54) is 21.3 Å². The molecule has 5 nitrogen and oxygen atoms in total. The van der Waals surface area contributed by atoms with Crippen molar-refractivity contribution in [2.45, 2.75) is 37.1 Å². The summed E-state index contributed by atoms with van der Waals surface area (Å²) in [6.45, 7) is 2.66. The highest BCUT2D eigenvalue weighted by molar-refractivity contribution is 7.89. The molecule has 1 saturated carbocycles. The molecule has 2 aliphatic rings. The van der Waals surface area contributed by atoms with Gasteiger partial charge in [-0.2, -0.15) is 4.31 Å². The third kappa shape index (κ3) is 4.54. The second kappa shape index (κ2) is 9.24. The van der Waals surface area contributed by atoms with E-state index in [9.17, 15) is 17.6 Å². The topological polar surface area (TPSA) is 57.7 Å². The van der Waals surface area contributed by atoms with E-state index in [1.807, 2.05) is 36.1 Å². The summed E-state index contributed by atoms with van der Waals surface area (Å²) in [7, 11) is -3.93. The van der Waals surface area contributed by atoms with Crippen LogP contribution in [0.3, 0.4) is 0 Å². The summed E-state index contributed by atoms with van der Waals surface area (Å²) < 4.78 is 41.5. The van der Waals surface area contributed by atoms with Crippen LogP contribution in [0, 0.1) is 18.7 Å². The summed E-state index contributed by atoms with van der Waals surface area (Å²) in [5, 5.41) is 2.06. The number of aryl methyl sites for hydroxylation is 1. The molecule has 1 aliphatic carbocycles. The Bertz CT molecular complexity index is 1300. The number of hydrogen-bond donors (Lipinski definition) is 0. The predicted octanol–water partition coefficient (Wildman–Crippen LogP) is 4.77. The minimum Gasteiger partial charge on any atom is -0.330 e. The molecule has 0 radical (unpaired) electrons. The van der Waals surface area contributed by atoms with Gasteiger partial charge < -0.3 is 4.90 Å². The van der Waals surface area contributed by atoms with Gasteiger partial charge in [-0.25, -0.2) is 12.8 Å². The van der Waals surface area contributed by atoms with Gasteiger partial charge >= 0.3 is 0 Å². The van der Waals surface area contributed by atoms with Crippen LogP contribution in [0.4, 0.5) is 4.39 Å². The highest BCUT2D eigenvalue weighted by Gasteiger charge is 2.38. The molecule has 8 heteroatoms. The Morgan fingerprint density at radius 3 is 2.53 bits per heavy atom. The first-order valence-electron chi connectivity index (χ1n) is 11.5. The summed E-state index contributed by atoms with van der Waals surface area (Å²) in [6.07, 6.45) is 2.67. The van der Waals surface area contributed by atoms with Gasteiger partial charge in [0.2, 0.25) is 15.9 Å². The van der Waals surface area contributed by atoms with Gasteiger partial charge in [-0.15, -0.1) is 11.3 Å². The fourth-order valence-corrected chi connectivity index (χ4v) is 7.02. The Morgan fingerprint density at radius 1 is 1.09 bits per heavy atom. The van der Waals surface area contributed by atoms with Crippen LogP contribution in [0.2, 0.25) is 0 Å². The SMILES string of the molecule is Cc1ccccc1C1c2ccsc2CCN1C(=O)CN(CC1CC1)S(=O)(=O)c1ccc(F)cc1. The molecule has 2 aromatic carbocycles. The molecule has 2 heterocycles. The summed E-state index contributed by atoms with van der Waals surface area (Å²) in [4.78, 5) is 16.8. The zero-order valence-electron chi connectivity index (χ0n) is 19.0. The van der Waals surface area contributed by atoms with Crippen molar-refractivity contribution < 1.29 is 17.6 Å². The fourth-order valence-electron chi connectivity index (χ4n) is 4.65. The Morgan fingerprint density at radius 2 is 1.82 bits per heavy atom. The van der Waals surface area contributed by atoms with Crippen LogP contribution in [-0.2, 0) is 21.2 Å². The van der Waals surface area contributed by atoms with Crippen molar-refractivity contribution in [1.29, 1.82) is 0 Å². The second-order valence-electron chi connectivity index (χ2n) is 9.09. The molecular weight excluding hydrogens is 471 g/mol. The molecule has 0 bridgehead atoms. The Labute approximate surface area is 203 Å². The van der Waals surface area contributed by atoms with Crippen molar-refractivity contribution in [3.63, 3.8) is 0 Å². The van der Waals surface area contributed by atoms with Crippen LogP contribution in [0.1, 0.15) is 40.5 Å². The van der Waals surface area contributed by atoms with Crippen molar-refractivity contribution in [3.05, 3.63) is 87.4 Å². The van der Waals surface area contributed by atoms with Crippen molar-refractivity contribution in [3.8, 4) is 0 Å². The van der Waals surface area contributed by atoms with E-state index >= 15 is 0 Å². The predicted molar refractivity (Wildman–Crippen MR) is 131 cm³/mol. The van der Waals surface area contributed by atoms with Gasteiger partial charge in [0.15, 0.2) is 0 Å². The molecule has 1 aromatic heterocycles. The zero-order chi connectivity index (χ0) is 23.9. The largest absolute Gasteiger partial charge is 0.330 e. The number of hydrogen-bond acceptors (Lipinski definition) is 4. The van der Waals surface area contributed by atoms with E-state index in [4.69, 9.17) is 0 Å². The number of benzene rings is 2. The van der Waals surface area contributed by atoms with E-state index in [0.29, 0.717) is 13.1 Å². The molecule has 1 unspecified atom stereocenters. The lowest BCUT2D eigenvalue weighted by atomic mass is 9.90. The lowest BCUT2D eigenvalue weighted by Crippen LogP contribution is -2.47. The summed E-state index contributed by atoms with van der Waals surface area (Å²) in [5.41, 5.74) is 3.28. The first-order chi connectivity index (χ1) is 16.3. The average Bonchev–Trinajstić information content (AvgIpc) is 3.51. The van der Waals surface area contributed by atoms with Gasteiger partial charge in [-0.05, 0) is 84.5 Å². The van der Waals surface area contributed by atoms with Gasteiger partial charge in [0, 0.05) is 18.0 Å². The normalized spacial score (nSPS) is 18.2. The molecule has 3 aromatic rings. The molecule has 0 spiro atoms. The maximum absolute atomic E-state index is 13.7. The lowest BCUT2D eigenvalue weighted by Gasteiger charge is -2.38. The van der Waals surface area contributed by atoms with Crippen molar-refractivity contribution >= 4 is 27.3 Å². The number of sulfonamides is 1. The van der Waals surface area contributed by atoms with Crippen LogP contribution in [0.25, 0.3) is 0 Å². The fraction of sp³-hybridized carbons (Fsp3) is 0.346. The molecule has 1 fully saturated rings. The molecular formula is C26H27FN2O3S2. The van der Waals surface area contributed by atoms with Gasteiger partial charge in [0.05, 0.1) is 17.5 Å². The monoisotopic (exact) mass is 498 g/mol. The number of thiophene rings is 1. The Hall–Kier alpha value is -2.55. The molecule has 1 amide bonds. The maximum Gasteiger partial charge on any atom is 0.243 e. The van der Waals surface area contributed by atoms with E-state index in [0.717, 1.165) is 48.1 Å². The summed E-state index contributed by atoms with van der Waals surface area (Å²) >= 11 is 1.70. The van der Waals surface area contributed by atoms with Crippen molar-refractivity contribution in [2.75, 3.05) is 19.6 Å². The minimum absolute atomic E-state index is 0.0107. The molecule has 178 valence electrons. The first-order valence-corrected chi connectivity index (χ1v) is 13.8. The summed E-state index contributed by atoms with van der Waals surface area (Å²) in [5.74, 6) is -0.443. The summed E-state index contributed by atoms with van der Waals surface area (Å²) in [6, 6.07) is 14.7. The number of fused-ring (bicyclic) bond motifs is 1. The van der Waals surface area contributed by atoms with Crippen LogP contribution >= 0.6 is 11.3 Å². The van der Waals surface area contributed by atoms with Gasteiger partial charge in [-0.3, -0.25) is 4.79 Å². The van der Waals surface area contributed by atoms with Crippen LogP contribution in [0.15, 0.2) is 64.9 Å². The number of carbonyl (C=O) groups is 1. The molecule has 5 rings (SSSR count). The number of carbonyl (C=O) groups excluding carboxylic acids is 1. The third-order valence-corrected chi connectivity index (χ3v) is 9.51. The first kappa shape index (κ1) is 23.2. The van der Waals surface area contributed by atoms with Crippen LogP contribution in [-0.4, -0.2) is 43.2 Å². The maximum atomic E-state index is 13.7. The number of nitrogens with zero attached hydrogens (tertiary/aromatic N) is 2. The highest BCUT2D eigenvalue weighted by Crippen LogP contribution is 2.39. The van der Waals surface area contributed by atoms with Crippen molar-refractivity contribution in [1.82, 2.24) is 9.21 Å². The quantitative estimate of drug-likeness (QED) is 0.472. The molecule has 0 N–H and O–H groups in total. The number of rotatable bonds is 7. The molecule has 1 atom stereocenters. The van der Waals surface area contributed by atoms with Gasteiger partial charge in [0.25, 0.3) is 0 Å². The Kier molecular flexibility index (Phi) is 6.31. The van der Waals surface area contributed by atoms with Gasteiger partial charge in [0.1, 0.15) is 5.82 Å². The number of amides is 1. The Balaban J connectivity index is 1.47. The van der Waals surface area contributed by atoms with E-state index in [-0.39, 0.29) is 29.3 Å². The van der Waals surface area contributed by atoms with E-state index in [1.54, 1.807) is 11.3 Å². The highest BCUT2D eigenvalue weighted by atomic mass is 32.2. The van der Waals surface area contributed by atoms with Crippen LogP contribution in [0.5, 0.6) is 0 Å². The second-order valence-corrected chi connectivity index (χ2v) is 12.0. The minimum atomic E-state index is -3.93.